The lowest BCUT2D eigenvalue weighted by molar-refractivity contribution is 0.0643. The molecule has 0 fully saturated rings. The molecule has 72 valence electrons. The molecule has 0 radical (unpaired) electrons. The SMILES string of the molecule is COCC(O)Cc1ccc(C)nn1. The number of nitrogens with zero attached hydrogens (tertiary/aromatic N) is 2. The van der Waals surface area contributed by atoms with Gasteiger partial charge in [-0.25, -0.2) is 0 Å². The van der Waals surface area contributed by atoms with Gasteiger partial charge in [0.05, 0.1) is 24.1 Å². The number of aliphatic hydroxyl groups excluding tert-OH is 1. The lowest BCUT2D eigenvalue weighted by atomic mass is 10.2. The third-order valence-corrected chi connectivity index (χ3v) is 1.66. The Labute approximate surface area is 77.6 Å². The van der Waals surface area contributed by atoms with Crippen LogP contribution in [0, 0.1) is 6.92 Å². The molecule has 1 unspecified atom stereocenters. The molecular weight excluding hydrogens is 168 g/mol. The predicted molar refractivity (Wildman–Crippen MR) is 48.4 cm³/mol. The summed E-state index contributed by atoms with van der Waals surface area (Å²) in [6.45, 7) is 2.21. The molecule has 0 amide bonds. The molecule has 4 heteroatoms. The van der Waals surface area contributed by atoms with Crippen molar-refractivity contribution in [2.45, 2.75) is 19.4 Å². The van der Waals surface area contributed by atoms with Crippen LogP contribution in [0.15, 0.2) is 12.1 Å². The Balaban J connectivity index is 2.49. The van der Waals surface area contributed by atoms with Crippen molar-refractivity contribution in [3.05, 3.63) is 23.5 Å². The zero-order valence-electron chi connectivity index (χ0n) is 7.90. The van der Waals surface area contributed by atoms with Gasteiger partial charge in [0.25, 0.3) is 0 Å². The topological polar surface area (TPSA) is 55.2 Å². The van der Waals surface area contributed by atoms with Crippen LogP contribution in [-0.2, 0) is 11.2 Å². The Morgan fingerprint density at radius 2 is 2.23 bits per heavy atom. The summed E-state index contributed by atoms with van der Waals surface area (Å²) < 4.78 is 4.80. The number of aromatic nitrogens is 2. The van der Waals surface area contributed by atoms with Crippen LogP contribution in [0.4, 0.5) is 0 Å². The fraction of sp³-hybridized carbons (Fsp3) is 0.556. The minimum absolute atomic E-state index is 0.329. The molecule has 0 aliphatic heterocycles. The largest absolute Gasteiger partial charge is 0.390 e. The standard InChI is InChI=1S/C9H14N2O2/c1-7-3-4-8(11-10-7)5-9(12)6-13-2/h3-4,9,12H,5-6H2,1-2H3. The highest BCUT2D eigenvalue weighted by atomic mass is 16.5. The summed E-state index contributed by atoms with van der Waals surface area (Å²) in [5, 5.41) is 17.2. The molecule has 1 aromatic rings. The van der Waals surface area contributed by atoms with Crippen LogP contribution in [0.25, 0.3) is 0 Å². The molecule has 1 aromatic heterocycles. The molecule has 0 spiro atoms. The molecule has 1 atom stereocenters. The molecule has 0 saturated heterocycles. The van der Waals surface area contributed by atoms with Crippen molar-refractivity contribution in [3.63, 3.8) is 0 Å². The molecule has 1 heterocycles. The monoisotopic (exact) mass is 182 g/mol. The van der Waals surface area contributed by atoms with Crippen LogP contribution in [0.2, 0.25) is 0 Å². The van der Waals surface area contributed by atoms with Gasteiger partial charge in [-0.1, -0.05) is 0 Å². The first-order chi connectivity index (χ1) is 6.22. The second kappa shape index (κ2) is 4.89. The molecule has 0 aromatic carbocycles. The van der Waals surface area contributed by atoms with Gasteiger partial charge >= 0.3 is 0 Å². The summed E-state index contributed by atoms with van der Waals surface area (Å²) in [6, 6.07) is 3.74. The van der Waals surface area contributed by atoms with Gasteiger partial charge in [-0.2, -0.15) is 10.2 Å². The lowest BCUT2D eigenvalue weighted by Crippen LogP contribution is -2.17. The van der Waals surface area contributed by atoms with E-state index in [-0.39, 0.29) is 0 Å². The van der Waals surface area contributed by atoms with Gasteiger partial charge in [-0.05, 0) is 19.1 Å². The summed E-state index contributed by atoms with van der Waals surface area (Å²) in [4.78, 5) is 0. The molecule has 0 aliphatic carbocycles. The fourth-order valence-corrected chi connectivity index (χ4v) is 1.03. The average molecular weight is 182 g/mol. The third-order valence-electron chi connectivity index (χ3n) is 1.66. The molecule has 0 saturated carbocycles. The number of rotatable bonds is 4. The van der Waals surface area contributed by atoms with E-state index >= 15 is 0 Å². The summed E-state index contributed by atoms with van der Waals surface area (Å²) in [5.41, 5.74) is 1.67. The van der Waals surface area contributed by atoms with E-state index in [0.717, 1.165) is 11.4 Å². The van der Waals surface area contributed by atoms with E-state index in [0.29, 0.717) is 13.0 Å². The van der Waals surface area contributed by atoms with Gasteiger partial charge < -0.3 is 9.84 Å². The maximum atomic E-state index is 9.38. The van der Waals surface area contributed by atoms with Crippen LogP contribution < -0.4 is 0 Å². The first kappa shape index (κ1) is 10.1. The third kappa shape index (κ3) is 3.48. The Morgan fingerprint density at radius 1 is 1.46 bits per heavy atom. The highest BCUT2D eigenvalue weighted by Crippen LogP contribution is 1.99. The van der Waals surface area contributed by atoms with E-state index in [2.05, 4.69) is 10.2 Å². The molecule has 0 bridgehead atoms. The number of aryl methyl sites for hydroxylation is 1. The maximum absolute atomic E-state index is 9.38. The zero-order valence-corrected chi connectivity index (χ0v) is 7.90. The van der Waals surface area contributed by atoms with Gasteiger partial charge in [0.15, 0.2) is 0 Å². The first-order valence-electron chi connectivity index (χ1n) is 4.18. The number of ether oxygens (including phenoxy) is 1. The van der Waals surface area contributed by atoms with E-state index in [1.807, 2.05) is 19.1 Å². The molecule has 0 aliphatic rings. The normalized spacial score (nSPS) is 12.8. The predicted octanol–water partition coefficient (Wildman–Crippen LogP) is 0.335. The quantitative estimate of drug-likeness (QED) is 0.729. The highest BCUT2D eigenvalue weighted by Gasteiger charge is 2.05. The van der Waals surface area contributed by atoms with E-state index in [9.17, 15) is 5.11 Å². The average Bonchev–Trinajstić information content (AvgIpc) is 2.09. The number of hydrogen-bond donors (Lipinski definition) is 1. The Hall–Kier alpha value is -1.00. The van der Waals surface area contributed by atoms with Gasteiger partial charge in [-0.15, -0.1) is 0 Å². The second-order valence-electron chi connectivity index (χ2n) is 2.98. The summed E-state index contributed by atoms with van der Waals surface area (Å²) in [6.07, 6.45) is -0.0109. The Kier molecular flexibility index (Phi) is 3.79. The number of aliphatic hydroxyl groups is 1. The van der Waals surface area contributed by atoms with E-state index in [1.165, 1.54) is 0 Å². The fourth-order valence-electron chi connectivity index (χ4n) is 1.03. The molecule has 4 nitrogen and oxygen atoms in total. The summed E-state index contributed by atoms with van der Waals surface area (Å²) in [7, 11) is 1.56. The van der Waals surface area contributed by atoms with Gasteiger partial charge in [0.2, 0.25) is 0 Å². The van der Waals surface area contributed by atoms with Crippen LogP contribution >= 0.6 is 0 Å². The minimum atomic E-state index is -0.498. The minimum Gasteiger partial charge on any atom is -0.390 e. The van der Waals surface area contributed by atoms with Crippen molar-refractivity contribution < 1.29 is 9.84 Å². The first-order valence-corrected chi connectivity index (χ1v) is 4.18. The maximum Gasteiger partial charge on any atom is 0.0829 e. The second-order valence-corrected chi connectivity index (χ2v) is 2.98. The lowest BCUT2D eigenvalue weighted by Gasteiger charge is -2.07. The summed E-state index contributed by atoms with van der Waals surface area (Å²) >= 11 is 0. The van der Waals surface area contributed by atoms with Crippen LogP contribution in [-0.4, -0.2) is 35.1 Å². The highest BCUT2D eigenvalue weighted by molar-refractivity contribution is 5.06. The zero-order chi connectivity index (χ0) is 9.68. The number of methoxy groups -OCH3 is 1. The van der Waals surface area contributed by atoms with Crippen molar-refractivity contribution in [2.24, 2.45) is 0 Å². The van der Waals surface area contributed by atoms with Crippen molar-refractivity contribution in [2.75, 3.05) is 13.7 Å². The molecule has 13 heavy (non-hydrogen) atoms. The molecule has 1 rings (SSSR count). The van der Waals surface area contributed by atoms with Gasteiger partial charge in [0.1, 0.15) is 0 Å². The van der Waals surface area contributed by atoms with Crippen molar-refractivity contribution in [1.82, 2.24) is 10.2 Å². The smallest absolute Gasteiger partial charge is 0.0829 e. The molecule has 1 N–H and O–H groups in total. The van der Waals surface area contributed by atoms with Crippen molar-refractivity contribution >= 4 is 0 Å². The Morgan fingerprint density at radius 3 is 2.77 bits per heavy atom. The van der Waals surface area contributed by atoms with E-state index < -0.39 is 6.10 Å². The van der Waals surface area contributed by atoms with Crippen molar-refractivity contribution in [1.29, 1.82) is 0 Å². The van der Waals surface area contributed by atoms with Crippen LogP contribution in [0.5, 0.6) is 0 Å². The van der Waals surface area contributed by atoms with E-state index in [4.69, 9.17) is 4.74 Å². The van der Waals surface area contributed by atoms with Crippen LogP contribution in [0.1, 0.15) is 11.4 Å². The Bertz CT molecular complexity index is 248. The van der Waals surface area contributed by atoms with Gasteiger partial charge in [-0.3, -0.25) is 0 Å². The van der Waals surface area contributed by atoms with Crippen LogP contribution in [0.3, 0.4) is 0 Å². The number of hydrogen-bond acceptors (Lipinski definition) is 4. The van der Waals surface area contributed by atoms with Gasteiger partial charge in [0, 0.05) is 13.5 Å². The summed E-state index contributed by atoms with van der Waals surface area (Å²) in [5.74, 6) is 0. The molecular formula is C9H14N2O2. The van der Waals surface area contributed by atoms with E-state index in [1.54, 1.807) is 7.11 Å². The van der Waals surface area contributed by atoms with Crippen molar-refractivity contribution in [3.8, 4) is 0 Å².